The van der Waals surface area contributed by atoms with E-state index in [2.05, 4.69) is 10.3 Å². The standard InChI is InChI=1S/C21H20N2O3S/c1-14-3-7-17(8-4-14)19(24)20(25)23-21-22-18(13-27-21)16-9-5-15(6-10-16)11-12-26-2/h3-10,13H,11-12H2,1-2H3,(H,22,23,25). The highest BCUT2D eigenvalue weighted by molar-refractivity contribution is 7.14. The topological polar surface area (TPSA) is 68.3 Å². The summed E-state index contributed by atoms with van der Waals surface area (Å²) in [5.41, 5.74) is 4.30. The summed E-state index contributed by atoms with van der Waals surface area (Å²) in [6.07, 6.45) is 0.857. The van der Waals surface area contributed by atoms with Crippen LogP contribution < -0.4 is 5.32 Å². The maximum Gasteiger partial charge on any atom is 0.298 e. The van der Waals surface area contributed by atoms with E-state index in [-0.39, 0.29) is 0 Å². The molecule has 0 radical (unpaired) electrons. The normalized spacial score (nSPS) is 10.6. The van der Waals surface area contributed by atoms with Crippen molar-refractivity contribution in [2.45, 2.75) is 13.3 Å². The van der Waals surface area contributed by atoms with E-state index in [0.29, 0.717) is 17.3 Å². The number of carbonyl (C=O) groups is 2. The maximum absolute atomic E-state index is 12.2. The molecule has 1 N–H and O–H groups in total. The number of nitrogens with zero attached hydrogens (tertiary/aromatic N) is 1. The van der Waals surface area contributed by atoms with Crippen LogP contribution in [0.3, 0.4) is 0 Å². The van der Waals surface area contributed by atoms with Gasteiger partial charge in [0.2, 0.25) is 0 Å². The van der Waals surface area contributed by atoms with Crippen molar-refractivity contribution in [3.63, 3.8) is 0 Å². The lowest BCUT2D eigenvalue weighted by molar-refractivity contribution is -0.112. The number of nitrogens with one attached hydrogen (secondary N) is 1. The number of Topliss-reactive ketones (excluding diaryl/α,β-unsaturated/α-hetero) is 1. The van der Waals surface area contributed by atoms with Crippen LogP contribution in [0.15, 0.2) is 53.9 Å². The second-order valence-corrected chi connectivity index (χ2v) is 6.98. The highest BCUT2D eigenvalue weighted by atomic mass is 32.1. The molecule has 6 heteroatoms. The minimum atomic E-state index is -0.685. The molecule has 0 spiro atoms. The van der Waals surface area contributed by atoms with Gasteiger partial charge in [-0.1, -0.05) is 54.1 Å². The molecule has 0 unspecified atom stereocenters. The number of hydrogen-bond donors (Lipinski definition) is 1. The Morgan fingerprint density at radius 2 is 1.78 bits per heavy atom. The summed E-state index contributed by atoms with van der Waals surface area (Å²) in [4.78, 5) is 28.8. The zero-order chi connectivity index (χ0) is 19.2. The minimum Gasteiger partial charge on any atom is -0.384 e. The Hall–Kier alpha value is -2.83. The van der Waals surface area contributed by atoms with Crippen LogP contribution in [0.25, 0.3) is 11.3 Å². The van der Waals surface area contributed by atoms with Crippen LogP contribution in [0, 0.1) is 6.92 Å². The second kappa shape index (κ2) is 8.70. The summed E-state index contributed by atoms with van der Waals surface area (Å²) < 4.78 is 5.08. The number of thiazole rings is 1. The predicted molar refractivity (Wildman–Crippen MR) is 107 cm³/mol. The van der Waals surface area contributed by atoms with Gasteiger partial charge in [0.1, 0.15) is 0 Å². The summed E-state index contributed by atoms with van der Waals surface area (Å²) in [5.74, 6) is -1.26. The van der Waals surface area contributed by atoms with Crippen molar-refractivity contribution in [1.29, 1.82) is 0 Å². The van der Waals surface area contributed by atoms with E-state index >= 15 is 0 Å². The molecule has 27 heavy (non-hydrogen) atoms. The third kappa shape index (κ3) is 4.87. The van der Waals surface area contributed by atoms with Crippen molar-refractivity contribution in [1.82, 2.24) is 4.98 Å². The van der Waals surface area contributed by atoms with Crippen LogP contribution in [0.5, 0.6) is 0 Å². The summed E-state index contributed by atoms with van der Waals surface area (Å²) in [7, 11) is 1.68. The molecular formula is C21H20N2O3S. The number of carbonyl (C=O) groups excluding carboxylic acids is 2. The smallest absolute Gasteiger partial charge is 0.298 e. The van der Waals surface area contributed by atoms with Gasteiger partial charge in [0.15, 0.2) is 5.13 Å². The van der Waals surface area contributed by atoms with Gasteiger partial charge in [-0.3, -0.25) is 14.9 Å². The zero-order valence-corrected chi connectivity index (χ0v) is 16.0. The van der Waals surface area contributed by atoms with Gasteiger partial charge in [0.25, 0.3) is 11.7 Å². The van der Waals surface area contributed by atoms with Gasteiger partial charge in [-0.15, -0.1) is 11.3 Å². The molecule has 0 aliphatic rings. The molecule has 0 saturated carbocycles. The largest absolute Gasteiger partial charge is 0.384 e. The zero-order valence-electron chi connectivity index (χ0n) is 15.2. The number of hydrogen-bond acceptors (Lipinski definition) is 5. The number of anilines is 1. The van der Waals surface area contributed by atoms with Crippen LogP contribution >= 0.6 is 11.3 Å². The number of ether oxygens (including phenoxy) is 1. The molecule has 138 valence electrons. The monoisotopic (exact) mass is 380 g/mol. The molecule has 3 rings (SSSR count). The summed E-state index contributed by atoms with van der Waals surface area (Å²) in [5, 5.41) is 4.85. The summed E-state index contributed by atoms with van der Waals surface area (Å²) >= 11 is 1.29. The Bertz CT molecular complexity index is 931. The van der Waals surface area contributed by atoms with E-state index in [4.69, 9.17) is 4.74 Å². The predicted octanol–water partition coefficient (Wildman–Crippen LogP) is 4.13. The lowest BCUT2D eigenvalue weighted by Crippen LogP contribution is -2.22. The first-order chi connectivity index (χ1) is 13.1. The molecule has 0 saturated heterocycles. The number of methoxy groups -OCH3 is 1. The molecule has 5 nitrogen and oxygen atoms in total. The van der Waals surface area contributed by atoms with E-state index in [1.165, 1.54) is 16.9 Å². The Morgan fingerprint density at radius 1 is 1.07 bits per heavy atom. The van der Waals surface area contributed by atoms with Crippen LogP contribution in [0.4, 0.5) is 5.13 Å². The van der Waals surface area contributed by atoms with E-state index in [9.17, 15) is 9.59 Å². The number of ketones is 1. The van der Waals surface area contributed by atoms with Gasteiger partial charge >= 0.3 is 0 Å². The number of amides is 1. The lowest BCUT2D eigenvalue weighted by Gasteiger charge is -2.03. The van der Waals surface area contributed by atoms with Crippen molar-refractivity contribution in [3.8, 4) is 11.3 Å². The minimum absolute atomic E-state index is 0.363. The number of benzene rings is 2. The van der Waals surface area contributed by atoms with Gasteiger partial charge in [0, 0.05) is 23.6 Å². The first-order valence-electron chi connectivity index (χ1n) is 8.53. The Balaban J connectivity index is 1.65. The fourth-order valence-electron chi connectivity index (χ4n) is 2.52. The quantitative estimate of drug-likeness (QED) is 0.494. The first-order valence-corrected chi connectivity index (χ1v) is 9.41. The van der Waals surface area contributed by atoms with Crippen molar-refractivity contribution in [2.75, 3.05) is 19.0 Å². The maximum atomic E-state index is 12.2. The van der Waals surface area contributed by atoms with Crippen molar-refractivity contribution in [2.24, 2.45) is 0 Å². The molecule has 0 aliphatic heterocycles. The Morgan fingerprint density at radius 3 is 2.44 bits per heavy atom. The highest BCUT2D eigenvalue weighted by Gasteiger charge is 2.17. The van der Waals surface area contributed by atoms with Gasteiger partial charge < -0.3 is 4.74 Å². The van der Waals surface area contributed by atoms with Gasteiger partial charge in [0.05, 0.1) is 12.3 Å². The Labute approximate surface area is 162 Å². The first kappa shape index (κ1) is 18.9. The summed E-state index contributed by atoms with van der Waals surface area (Å²) in [6, 6.07) is 15.0. The van der Waals surface area contributed by atoms with Crippen molar-refractivity contribution >= 4 is 28.2 Å². The number of aromatic nitrogens is 1. The second-order valence-electron chi connectivity index (χ2n) is 6.13. The van der Waals surface area contributed by atoms with Gasteiger partial charge in [-0.2, -0.15) is 0 Å². The van der Waals surface area contributed by atoms with Crippen molar-refractivity contribution < 1.29 is 14.3 Å². The third-order valence-electron chi connectivity index (χ3n) is 4.09. The summed E-state index contributed by atoms with van der Waals surface area (Å²) in [6.45, 7) is 2.61. The fraction of sp³-hybridized carbons (Fsp3) is 0.190. The van der Waals surface area contributed by atoms with Crippen molar-refractivity contribution in [3.05, 3.63) is 70.6 Å². The molecule has 1 aromatic heterocycles. The van der Waals surface area contributed by atoms with Crippen LogP contribution in [0.2, 0.25) is 0 Å². The van der Waals surface area contributed by atoms with E-state index in [1.807, 2.05) is 36.6 Å². The van der Waals surface area contributed by atoms with Crippen LogP contribution in [0.1, 0.15) is 21.5 Å². The fourth-order valence-corrected chi connectivity index (χ4v) is 3.23. The van der Waals surface area contributed by atoms with Crippen LogP contribution in [-0.2, 0) is 16.0 Å². The third-order valence-corrected chi connectivity index (χ3v) is 4.85. The number of aryl methyl sites for hydroxylation is 1. The van der Waals surface area contributed by atoms with Crippen LogP contribution in [-0.4, -0.2) is 30.4 Å². The van der Waals surface area contributed by atoms with Gasteiger partial charge in [-0.05, 0) is 18.9 Å². The molecule has 1 amide bonds. The number of rotatable bonds is 7. The molecule has 0 atom stereocenters. The van der Waals surface area contributed by atoms with E-state index in [0.717, 1.165) is 23.2 Å². The SMILES string of the molecule is COCCc1ccc(-c2csc(NC(=O)C(=O)c3ccc(C)cc3)n2)cc1. The van der Waals surface area contributed by atoms with Gasteiger partial charge in [-0.25, -0.2) is 4.98 Å². The van der Waals surface area contributed by atoms with E-state index in [1.54, 1.807) is 31.4 Å². The average Bonchev–Trinajstić information content (AvgIpc) is 3.15. The van der Waals surface area contributed by atoms with E-state index < -0.39 is 11.7 Å². The average molecular weight is 380 g/mol. The molecule has 2 aromatic carbocycles. The molecule has 0 bridgehead atoms. The molecule has 1 heterocycles. The molecule has 0 fully saturated rings. The molecule has 3 aromatic rings. The Kier molecular flexibility index (Phi) is 6.11. The molecular weight excluding hydrogens is 360 g/mol. The lowest BCUT2D eigenvalue weighted by atomic mass is 10.1. The highest BCUT2D eigenvalue weighted by Crippen LogP contribution is 2.25. The molecule has 0 aliphatic carbocycles.